The highest BCUT2D eigenvalue weighted by Crippen LogP contribution is 2.29. The summed E-state index contributed by atoms with van der Waals surface area (Å²) in [7, 11) is 0. The van der Waals surface area contributed by atoms with Gasteiger partial charge in [-0.15, -0.1) is 0 Å². The number of rotatable bonds is 3. The Hall–Kier alpha value is -1.66. The van der Waals surface area contributed by atoms with Crippen LogP contribution in [0.1, 0.15) is 18.4 Å². The van der Waals surface area contributed by atoms with Gasteiger partial charge in [0.05, 0.1) is 11.3 Å². The van der Waals surface area contributed by atoms with Crippen LogP contribution in [0.15, 0.2) is 30.6 Å². The smallest absolute Gasteiger partial charge is 0.250 e. The largest absolute Gasteiger partial charge is 0.299 e. The predicted octanol–water partition coefficient (Wildman–Crippen LogP) is 4.17. The van der Waals surface area contributed by atoms with Crippen molar-refractivity contribution < 1.29 is 13.2 Å². The third-order valence-electron chi connectivity index (χ3n) is 3.91. The van der Waals surface area contributed by atoms with Gasteiger partial charge < -0.3 is 0 Å². The maximum Gasteiger partial charge on any atom is 0.250 e. The fourth-order valence-electron chi connectivity index (χ4n) is 2.61. The van der Waals surface area contributed by atoms with Crippen LogP contribution in [0.4, 0.5) is 13.2 Å². The lowest BCUT2D eigenvalue weighted by Gasteiger charge is -2.31. The molecule has 0 N–H and O–H groups in total. The highest BCUT2D eigenvalue weighted by Gasteiger charge is 2.33. The van der Waals surface area contributed by atoms with E-state index in [1.165, 1.54) is 6.20 Å². The van der Waals surface area contributed by atoms with Gasteiger partial charge in [0.2, 0.25) is 0 Å². The van der Waals surface area contributed by atoms with Gasteiger partial charge in [-0.3, -0.25) is 9.88 Å². The van der Waals surface area contributed by atoms with Crippen molar-refractivity contribution in [2.24, 2.45) is 0 Å². The molecular weight excluding hydrogens is 327 g/mol. The van der Waals surface area contributed by atoms with Gasteiger partial charge in [0, 0.05) is 50.9 Å². The first-order valence-corrected chi connectivity index (χ1v) is 7.67. The van der Waals surface area contributed by atoms with Crippen molar-refractivity contribution in [1.82, 2.24) is 14.9 Å². The van der Waals surface area contributed by atoms with Crippen molar-refractivity contribution in [2.45, 2.75) is 25.3 Å². The van der Waals surface area contributed by atoms with Crippen LogP contribution in [0.3, 0.4) is 0 Å². The van der Waals surface area contributed by atoms with Crippen molar-refractivity contribution in [3.63, 3.8) is 0 Å². The Morgan fingerprint density at radius 2 is 1.91 bits per heavy atom. The molecule has 0 saturated carbocycles. The van der Waals surface area contributed by atoms with E-state index in [-0.39, 0.29) is 23.6 Å². The molecule has 0 bridgehead atoms. The molecule has 1 aliphatic heterocycles. The van der Waals surface area contributed by atoms with Crippen LogP contribution in [-0.4, -0.2) is 33.9 Å². The summed E-state index contributed by atoms with van der Waals surface area (Å²) in [5.74, 6) is -3.05. The zero-order valence-electron chi connectivity index (χ0n) is 12.3. The average molecular weight is 342 g/mol. The second-order valence-corrected chi connectivity index (χ2v) is 6.06. The van der Waals surface area contributed by atoms with Gasteiger partial charge in [0.1, 0.15) is 11.0 Å². The van der Waals surface area contributed by atoms with Crippen molar-refractivity contribution in [1.29, 1.82) is 0 Å². The van der Waals surface area contributed by atoms with Crippen LogP contribution in [0.25, 0.3) is 11.3 Å². The lowest BCUT2D eigenvalue weighted by molar-refractivity contribution is -0.0566. The molecule has 3 rings (SSSR count). The lowest BCUT2D eigenvalue weighted by Crippen LogP contribution is -2.38. The van der Waals surface area contributed by atoms with Gasteiger partial charge in [-0.05, 0) is 17.7 Å². The van der Waals surface area contributed by atoms with E-state index in [9.17, 15) is 13.2 Å². The van der Waals surface area contributed by atoms with Crippen LogP contribution in [0.5, 0.6) is 0 Å². The van der Waals surface area contributed by atoms with Gasteiger partial charge in [-0.1, -0.05) is 11.6 Å². The molecule has 3 nitrogen and oxygen atoms in total. The number of halogens is 4. The molecule has 1 saturated heterocycles. The van der Waals surface area contributed by atoms with E-state index in [1.54, 1.807) is 18.3 Å². The SMILES string of the molecule is Fc1cc(Cl)ncc1-c1cc(CN2CCC(F)(F)CC2)ccn1. The molecular formula is C16H15ClF3N3. The molecule has 122 valence electrons. The number of hydrogen-bond acceptors (Lipinski definition) is 3. The van der Waals surface area contributed by atoms with Crippen molar-refractivity contribution in [3.05, 3.63) is 47.1 Å². The van der Waals surface area contributed by atoms with Gasteiger partial charge >= 0.3 is 0 Å². The lowest BCUT2D eigenvalue weighted by atomic mass is 10.1. The van der Waals surface area contributed by atoms with E-state index >= 15 is 0 Å². The zero-order valence-corrected chi connectivity index (χ0v) is 13.0. The van der Waals surface area contributed by atoms with E-state index < -0.39 is 11.7 Å². The number of aromatic nitrogens is 2. The summed E-state index contributed by atoms with van der Waals surface area (Å²) in [5, 5.41) is 0.0802. The second-order valence-electron chi connectivity index (χ2n) is 5.67. The van der Waals surface area contributed by atoms with Crippen LogP contribution < -0.4 is 0 Å². The standard InChI is InChI=1S/C16H15ClF3N3/c17-15-8-13(18)12(9-22-15)14-7-11(1-4-21-14)10-23-5-2-16(19,20)3-6-23/h1,4,7-9H,2-3,5-6,10H2. The van der Waals surface area contributed by atoms with Crippen LogP contribution in [-0.2, 0) is 6.54 Å². The number of pyridine rings is 2. The van der Waals surface area contributed by atoms with Crippen LogP contribution in [0, 0.1) is 5.82 Å². The third kappa shape index (κ3) is 4.00. The normalized spacial score (nSPS) is 18.1. The molecule has 0 amide bonds. The van der Waals surface area contributed by atoms with E-state index in [4.69, 9.17) is 11.6 Å². The van der Waals surface area contributed by atoms with E-state index in [1.807, 2.05) is 4.90 Å². The van der Waals surface area contributed by atoms with Crippen molar-refractivity contribution in [3.8, 4) is 11.3 Å². The Bertz CT molecular complexity index is 699. The predicted molar refractivity (Wildman–Crippen MR) is 81.9 cm³/mol. The molecule has 0 spiro atoms. The molecule has 0 aromatic carbocycles. The van der Waals surface area contributed by atoms with Gasteiger partial charge in [0.15, 0.2) is 0 Å². The van der Waals surface area contributed by atoms with E-state index in [0.29, 0.717) is 25.3 Å². The van der Waals surface area contributed by atoms with Crippen molar-refractivity contribution >= 4 is 11.6 Å². The summed E-state index contributed by atoms with van der Waals surface area (Å²) < 4.78 is 40.3. The Morgan fingerprint density at radius 1 is 1.17 bits per heavy atom. The quantitative estimate of drug-likeness (QED) is 0.785. The van der Waals surface area contributed by atoms with Gasteiger partial charge in [-0.25, -0.2) is 18.2 Å². The highest BCUT2D eigenvalue weighted by molar-refractivity contribution is 6.29. The summed E-state index contributed by atoms with van der Waals surface area (Å²) in [4.78, 5) is 9.99. The molecule has 0 aliphatic carbocycles. The molecule has 23 heavy (non-hydrogen) atoms. The summed E-state index contributed by atoms with van der Waals surface area (Å²) in [6.45, 7) is 1.23. The Labute approximate surface area is 137 Å². The highest BCUT2D eigenvalue weighted by atomic mass is 35.5. The van der Waals surface area contributed by atoms with E-state index in [0.717, 1.165) is 11.6 Å². The van der Waals surface area contributed by atoms with Crippen LogP contribution in [0.2, 0.25) is 5.15 Å². The zero-order chi connectivity index (χ0) is 16.4. The molecule has 1 fully saturated rings. The first-order chi connectivity index (χ1) is 10.9. The number of nitrogens with zero attached hydrogens (tertiary/aromatic N) is 3. The molecule has 2 aromatic rings. The topological polar surface area (TPSA) is 29.0 Å². The minimum Gasteiger partial charge on any atom is -0.299 e. The van der Waals surface area contributed by atoms with E-state index in [2.05, 4.69) is 9.97 Å². The Balaban J connectivity index is 1.75. The summed E-state index contributed by atoms with van der Waals surface area (Å²) in [6.07, 6.45) is 2.67. The molecule has 2 aromatic heterocycles. The maximum absolute atomic E-state index is 14.0. The van der Waals surface area contributed by atoms with Gasteiger partial charge in [0.25, 0.3) is 5.92 Å². The van der Waals surface area contributed by atoms with Crippen LogP contribution >= 0.6 is 11.6 Å². The molecule has 0 atom stereocenters. The summed E-state index contributed by atoms with van der Waals surface area (Å²) >= 11 is 5.65. The molecule has 1 aliphatic rings. The first-order valence-electron chi connectivity index (χ1n) is 7.29. The number of likely N-dealkylation sites (tertiary alicyclic amines) is 1. The summed E-state index contributed by atoms with van der Waals surface area (Å²) in [5.41, 5.74) is 1.61. The Kier molecular flexibility index (Phi) is 4.55. The number of piperidine rings is 1. The minimum absolute atomic E-state index is 0.0802. The molecule has 7 heteroatoms. The third-order valence-corrected chi connectivity index (χ3v) is 4.12. The fraction of sp³-hybridized carbons (Fsp3) is 0.375. The first kappa shape index (κ1) is 16.2. The maximum atomic E-state index is 14.0. The fourth-order valence-corrected chi connectivity index (χ4v) is 2.76. The molecule has 0 unspecified atom stereocenters. The number of alkyl halides is 2. The Morgan fingerprint density at radius 3 is 2.61 bits per heavy atom. The minimum atomic E-state index is -2.56. The average Bonchev–Trinajstić information content (AvgIpc) is 2.50. The summed E-state index contributed by atoms with van der Waals surface area (Å²) in [6, 6.07) is 4.69. The monoisotopic (exact) mass is 341 g/mol. The second kappa shape index (κ2) is 6.45. The number of hydrogen-bond donors (Lipinski definition) is 0. The molecule has 0 radical (unpaired) electrons. The van der Waals surface area contributed by atoms with Crippen molar-refractivity contribution in [2.75, 3.05) is 13.1 Å². The molecule has 3 heterocycles. The van der Waals surface area contributed by atoms with Gasteiger partial charge in [-0.2, -0.15) is 0 Å².